The predicted octanol–water partition coefficient (Wildman–Crippen LogP) is 1.21. The van der Waals surface area contributed by atoms with Crippen molar-refractivity contribution in [1.29, 1.82) is 0 Å². The molecule has 1 aliphatic carbocycles. The zero-order valence-corrected chi connectivity index (χ0v) is 8.51. The molecule has 0 saturated carbocycles. The van der Waals surface area contributed by atoms with Gasteiger partial charge in [0.05, 0.1) is 18.7 Å². The Morgan fingerprint density at radius 2 is 2.33 bits per heavy atom. The molecule has 0 aromatic carbocycles. The largest absolute Gasteiger partial charge is 0.338 e. The molecule has 1 N–H and O–H groups in total. The summed E-state index contributed by atoms with van der Waals surface area (Å²) in [6.45, 7) is 0. The molecule has 0 bridgehead atoms. The Morgan fingerprint density at radius 3 is 3.27 bits per heavy atom. The highest BCUT2D eigenvalue weighted by atomic mass is 15.1. The first-order valence-electron chi connectivity index (χ1n) is 5.01. The lowest BCUT2D eigenvalue weighted by atomic mass is 9.97. The normalized spacial score (nSPS) is 21.4. The molecule has 0 amide bonds. The number of allylic oxidation sites excluding steroid dienone is 2. The van der Waals surface area contributed by atoms with Gasteiger partial charge >= 0.3 is 0 Å². The van der Waals surface area contributed by atoms with Crippen LogP contribution in [0.2, 0.25) is 0 Å². The van der Waals surface area contributed by atoms with E-state index in [1.165, 1.54) is 5.57 Å². The lowest BCUT2D eigenvalue weighted by Crippen LogP contribution is -2.31. The summed E-state index contributed by atoms with van der Waals surface area (Å²) in [4.78, 5) is 4.36. The maximum atomic E-state index is 4.36. The quantitative estimate of drug-likeness (QED) is 0.635. The smallest absolute Gasteiger partial charge is 0.288 e. The molecule has 0 fully saturated rings. The summed E-state index contributed by atoms with van der Waals surface area (Å²) in [6, 6.07) is 0.280. The Bertz CT molecular complexity index is 498. The molecule has 0 spiro atoms. The van der Waals surface area contributed by atoms with Crippen LogP contribution < -0.4 is 9.88 Å². The second-order valence-corrected chi connectivity index (χ2v) is 3.85. The first-order valence-corrected chi connectivity index (χ1v) is 5.01. The molecular weight excluding hydrogens is 186 g/mol. The SMILES string of the molecule is C[n+]1cnc2c(c1)C=C1C=CC=CC1N2. The maximum absolute atomic E-state index is 4.36. The fraction of sp³-hybridized carbons (Fsp3) is 0.167. The van der Waals surface area contributed by atoms with E-state index in [9.17, 15) is 0 Å². The van der Waals surface area contributed by atoms with Gasteiger partial charge in [0.2, 0.25) is 0 Å². The first-order chi connectivity index (χ1) is 7.33. The van der Waals surface area contributed by atoms with E-state index in [1.54, 1.807) is 0 Å². The van der Waals surface area contributed by atoms with E-state index in [-0.39, 0.29) is 6.04 Å². The molecule has 74 valence electrons. The van der Waals surface area contributed by atoms with Crippen molar-refractivity contribution in [1.82, 2.24) is 4.98 Å². The van der Waals surface area contributed by atoms with E-state index >= 15 is 0 Å². The van der Waals surface area contributed by atoms with Gasteiger partial charge in [0.1, 0.15) is 6.20 Å². The first kappa shape index (κ1) is 8.41. The number of rotatable bonds is 0. The molecule has 3 nitrogen and oxygen atoms in total. The van der Waals surface area contributed by atoms with Gasteiger partial charge in [-0.15, -0.1) is 0 Å². The average molecular weight is 198 g/mol. The van der Waals surface area contributed by atoms with E-state index in [1.807, 2.05) is 17.9 Å². The van der Waals surface area contributed by atoms with Gasteiger partial charge < -0.3 is 5.32 Å². The molecule has 3 rings (SSSR count). The molecule has 1 unspecified atom stereocenters. The van der Waals surface area contributed by atoms with Crippen molar-refractivity contribution in [3.05, 3.63) is 48.0 Å². The fourth-order valence-electron chi connectivity index (χ4n) is 1.92. The summed E-state index contributed by atoms with van der Waals surface area (Å²) in [5, 5.41) is 3.40. The predicted molar refractivity (Wildman–Crippen MR) is 59.1 cm³/mol. The van der Waals surface area contributed by atoms with E-state index in [4.69, 9.17) is 0 Å². The Hall–Kier alpha value is -1.90. The number of anilines is 1. The minimum absolute atomic E-state index is 0.280. The van der Waals surface area contributed by atoms with E-state index in [2.05, 4.69) is 46.9 Å². The van der Waals surface area contributed by atoms with Crippen LogP contribution in [0.5, 0.6) is 0 Å². The van der Waals surface area contributed by atoms with Gasteiger partial charge in [0.25, 0.3) is 12.1 Å². The van der Waals surface area contributed by atoms with Crippen LogP contribution in [0.15, 0.2) is 42.4 Å². The van der Waals surface area contributed by atoms with Gasteiger partial charge in [0.15, 0.2) is 0 Å². The van der Waals surface area contributed by atoms with Crippen molar-refractivity contribution in [3.63, 3.8) is 0 Å². The summed E-state index contributed by atoms with van der Waals surface area (Å²) in [6.07, 6.45) is 14.5. The van der Waals surface area contributed by atoms with Gasteiger partial charge in [0, 0.05) is 0 Å². The van der Waals surface area contributed by atoms with Crippen LogP contribution in [-0.2, 0) is 7.05 Å². The third-order valence-electron chi connectivity index (χ3n) is 2.66. The van der Waals surface area contributed by atoms with Crippen molar-refractivity contribution in [2.75, 3.05) is 5.32 Å². The highest BCUT2D eigenvalue weighted by Gasteiger charge is 2.22. The molecule has 1 atom stereocenters. The molecule has 3 heteroatoms. The van der Waals surface area contributed by atoms with Crippen LogP contribution in [0, 0.1) is 0 Å². The minimum Gasteiger partial charge on any atom is -0.338 e. The minimum atomic E-state index is 0.280. The Kier molecular flexibility index (Phi) is 1.71. The van der Waals surface area contributed by atoms with Crippen molar-refractivity contribution in [2.24, 2.45) is 7.05 Å². The lowest BCUT2D eigenvalue weighted by molar-refractivity contribution is -0.674. The van der Waals surface area contributed by atoms with Gasteiger partial charge in [-0.2, -0.15) is 0 Å². The van der Waals surface area contributed by atoms with Crippen LogP contribution in [-0.4, -0.2) is 11.0 Å². The zero-order chi connectivity index (χ0) is 10.3. The Morgan fingerprint density at radius 1 is 1.40 bits per heavy atom. The topological polar surface area (TPSA) is 28.8 Å². The highest BCUT2D eigenvalue weighted by molar-refractivity contribution is 5.72. The number of hydrogen-bond donors (Lipinski definition) is 1. The molecule has 1 aromatic rings. The third-order valence-corrected chi connectivity index (χ3v) is 2.66. The van der Waals surface area contributed by atoms with Crippen molar-refractivity contribution >= 4 is 11.9 Å². The number of aromatic nitrogens is 2. The maximum Gasteiger partial charge on any atom is 0.288 e. The Balaban J connectivity index is 2.12. The van der Waals surface area contributed by atoms with Crippen LogP contribution in [0.25, 0.3) is 6.08 Å². The second kappa shape index (κ2) is 3.05. The standard InChI is InChI=1S/C12H11N3/c1-15-7-10-6-9-4-2-3-5-11(9)14-12(10)13-8-15/h2-8,11H,1H3/p+1. The van der Waals surface area contributed by atoms with E-state index in [0.29, 0.717) is 0 Å². The number of nitrogens with one attached hydrogen (secondary N) is 1. The number of fused-ring (bicyclic) bond motifs is 2. The molecule has 15 heavy (non-hydrogen) atoms. The summed E-state index contributed by atoms with van der Waals surface area (Å²) in [5.41, 5.74) is 2.43. The molecule has 2 heterocycles. The van der Waals surface area contributed by atoms with Crippen LogP contribution >= 0.6 is 0 Å². The van der Waals surface area contributed by atoms with Gasteiger partial charge in [-0.1, -0.05) is 24.3 Å². The molecule has 1 aromatic heterocycles. The van der Waals surface area contributed by atoms with Gasteiger partial charge in [-0.25, -0.2) is 4.57 Å². The number of nitrogens with zero attached hydrogens (tertiary/aromatic N) is 2. The van der Waals surface area contributed by atoms with Gasteiger partial charge in [-0.05, 0) is 16.6 Å². The summed E-state index contributed by atoms with van der Waals surface area (Å²) < 4.78 is 1.96. The van der Waals surface area contributed by atoms with Crippen LogP contribution in [0.1, 0.15) is 5.56 Å². The van der Waals surface area contributed by atoms with Crippen molar-refractivity contribution in [2.45, 2.75) is 6.04 Å². The van der Waals surface area contributed by atoms with Crippen LogP contribution in [0.4, 0.5) is 5.82 Å². The summed E-state index contributed by atoms with van der Waals surface area (Å²) >= 11 is 0. The number of aryl methyl sites for hydroxylation is 1. The van der Waals surface area contributed by atoms with Crippen molar-refractivity contribution < 1.29 is 4.57 Å². The lowest BCUT2D eigenvalue weighted by Gasteiger charge is -2.22. The van der Waals surface area contributed by atoms with Crippen LogP contribution in [0.3, 0.4) is 0 Å². The monoisotopic (exact) mass is 198 g/mol. The van der Waals surface area contributed by atoms with Gasteiger partial charge in [-0.3, -0.25) is 0 Å². The second-order valence-electron chi connectivity index (χ2n) is 3.85. The van der Waals surface area contributed by atoms with E-state index < -0.39 is 0 Å². The molecular formula is C12H12N3+. The van der Waals surface area contributed by atoms with Crippen molar-refractivity contribution in [3.8, 4) is 0 Å². The highest BCUT2D eigenvalue weighted by Crippen LogP contribution is 2.26. The Labute approximate surface area is 88.5 Å². The molecule has 0 saturated heterocycles. The summed E-state index contributed by atoms with van der Waals surface area (Å²) in [7, 11) is 1.98. The third kappa shape index (κ3) is 1.36. The van der Waals surface area contributed by atoms with E-state index in [0.717, 1.165) is 11.4 Å². The molecule has 1 aliphatic heterocycles. The zero-order valence-electron chi connectivity index (χ0n) is 8.51. The molecule has 2 aliphatic rings. The fourth-order valence-corrected chi connectivity index (χ4v) is 1.92. The summed E-state index contributed by atoms with van der Waals surface area (Å²) in [5.74, 6) is 0.960. The average Bonchev–Trinajstić information content (AvgIpc) is 2.26. The number of hydrogen-bond acceptors (Lipinski definition) is 2. The molecule has 0 radical (unpaired) electrons.